The molecule has 0 saturated carbocycles. The standard InChI is InChI=1S/C23H22F3N5O4/c1-33-19-12-18(22(32)31-10-8-14(9-11-31)17-6-7-21(27)30-29-17)28-13-20(19)34-15-2-4-16(5-3-15)35-23(24,25)26/h2-7,12-14H,8-11H2,1H3,(H2,27,30). The fourth-order valence-corrected chi connectivity index (χ4v) is 3.72. The van der Waals surface area contributed by atoms with Crippen molar-refractivity contribution >= 4 is 11.7 Å². The zero-order valence-electron chi connectivity index (χ0n) is 18.7. The topological polar surface area (TPSA) is 113 Å². The zero-order chi connectivity index (χ0) is 25.0. The van der Waals surface area contributed by atoms with Gasteiger partial charge >= 0.3 is 6.36 Å². The van der Waals surface area contributed by atoms with E-state index in [1.165, 1.54) is 31.5 Å². The number of nitrogens with two attached hydrogens (primary N) is 1. The van der Waals surface area contributed by atoms with Gasteiger partial charge in [0.2, 0.25) is 0 Å². The van der Waals surface area contributed by atoms with E-state index in [4.69, 9.17) is 15.2 Å². The van der Waals surface area contributed by atoms with E-state index in [0.717, 1.165) is 30.7 Å². The number of benzene rings is 1. The molecule has 0 spiro atoms. The summed E-state index contributed by atoms with van der Waals surface area (Å²) in [5, 5.41) is 8.03. The summed E-state index contributed by atoms with van der Waals surface area (Å²) in [6.07, 6.45) is -1.98. The van der Waals surface area contributed by atoms with Crippen molar-refractivity contribution in [2.75, 3.05) is 25.9 Å². The highest BCUT2D eigenvalue weighted by Crippen LogP contribution is 2.33. The Bertz CT molecular complexity index is 1170. The maximum atomic E-state index is 13.0. The van der Waals surface area contributed by atoms with Gasteiger partial charge in [-0.2, -0.15) is 5.10 Å². The van der Waals surface area contributed by atoms with Gasteiger partial charge in [0, 0.05) is 25.1 Å². The van der Waals surface area contributed by atoms with E-state index >= 15 is 0 Å². The second kappa shape index (κ2) is 10.0. The molecule has 3 aromatic rings. The first kappa shape index (κ1) is 24.0. The fourth-order valence-electron chi connectivity index (χ4n) is 3.72. The van der Waals surface area contributed by atoms with Gasteiger partial charge in [0.25, 0.3) is 5.91 Å². The van der Waals surface area contributed by atoms with Gasteiger partial charge in [0.1, 0.15) is 23.0 Å². The molecular formula is C23H22F3N5O4. The number of alkyl halides is 3. The number of nitrogens with zero attached hydrogens (tertiary/aromatic N) is 4. The van der Waals surface area contributed by atoms with Crippen LogP contribution in [0.4, 0.5) is 19.0 Å². The SMILES string of the molecule is COc1cc(C(=O)N2CCC(c3ccc(N)nn3)CC2)ncc1Oc1ccc(OC(F)(F)F)cc1. The van der Waals surface area contributed by atoms with Crippen molar-refractivity contribution < 1.29 is 32.2 Å². The number of hydrogen-bond acceptors (Lipinski definition) is 8. The van der Waals surface area contributed by atoms with E-state index in [1.807, 2.05) is 6.07 Å². The molecule has 1 saturated heterocycles. The highest BCUT2D eigenvalue weighted by atomic mass is 19.4. The summed E-state index contributed by atoms with van der Waals surface area (Å²) in [7, 11) is 1.41. The van der Waals surface area contributed by atoms with Gasteiger partial charge in [-0.15, -0.1) is 18.3 Å². The van der Waals surface area contributed by atoms with Crippen LogP contribution in [0.15, 0.2) is 48.7 Å². The first-order valence-corrected chi connectivity index (χ1v) is 10.7. The summed E-state index contributed by atoms with van der Waals surface area (Å²) in [4.78, 5) is 18.9. The molecule has 35 heavy (non-hydrogen) atoms. The Morgan fingerprint density at radius 3 is 2.31 bits per heavy atom. The largest absolute Gasteiger partial charge is 0.573 e. The van der Waals surface area contributed by atoms with E-state index < -0.39 is 6.36 Å². The van der Waals surface area contributed by atoms with Crippen LogP contribution in [0.2, 0.25) is 0 Å². The molecule has 0 atom stereocenters. The molecule has 0 radical (unpaired) electrons. The monoisotopic (exact) mass is 489 g/mol. The van der Waals surface area contributed by atoms with Gasteiger partial charge in [-0.1, -0.05) is 0 Å². The summed E-state index contributed by atoms with van der Waals surface area (Å²) in [6.45, 7) is 1.06. The van der Waals surface area contributed by atoms with E-state index in [2.05, 4.69) is 19.9 Å². The Hall–Kier alpha value is -4.09. The van der Waals surface area contributed by atoms with Crippen LogP contribution in [0.25, 0.3) is 0 Å². The third-order valence-electron chi connectivity index (χ3n) is 5.46. The molecule has 0 aliphatic carbocycles. The van der Waals surface area contributed by atoms with E-state index in [0.29, 0.717) is 18.9 Å². The number of aromatic nitrogens is 3. The van der Waals surface area contributed by atoms with E-state index in [9.17, 15) is 18.0 Å². The van der Waals surface area contributed by atoms with Crippen molar-refractivity contribution in [1.29, 1.82) is 0 Å². The van der Waals surface area contributed by atoms with Gasteiger partial charge in [0.05, 0.1) is 19.0 Å². The normalized spacial score (nSPS) is 14.5. The Kier molecular flexibility index (Phi) is 6.90. The number of nitrogen functional groups attached to an aromatic ring is 1. The summed E-state index contributed by atoms with van der Waals surface area (Å²) >= 11 is 0. The van der Waals surface area contributed by atoms with Gasteiger partial charge in [-0.05, 0) is 49.2 Å². The van der Waals surface area contributed by atoms with Gasteiger partial charge < -0.3 is 24.8 Å². The number of piperidine rings is 1. The van der Waals surface area contributed by atoms with Crippen molar-refractivity contribution in [3.05, 3.63) is 60.0 Å². The minimum atomic E-state index is -4.78. The predicted molar refractivity (Wildman–Crippen MR) is 118 cm³/mol. The van der Waals surface area contributed by atoms with Gasteiger partial charge in [0.15, 0.2) is 11.5 Å². The molecule has 4 rings (SSSR count). The third-order valence-corrected chi connectivity index (χ3v) is 5.46. The Labute approximate surface area is 198 Å². The summed E-state index contributed by atoms with van der Waals surface area (Å²) in [5.74, 6) is 0.639. The van der Waals surface area contributed by atoms with Crippen LogP contribution in [0.1, 0.15) is 34.9 Å². The number of ether oxygens (including phenoxy) is 3. The van der Waals surface area contributed by atoms with Crippen LogP contribution in [0.3, 0.4) is 0 Å². The Balaban J connectivity index is 1.39. The molecule has 1 fully saturated rings. The molecular weight excluding hydrogens is 467 g/mol. The van der Waals surface area contributed by atoms with Crippen molar-refractivity contribution in [3.63, 3.8) is 0 Å². The maximum Gasteiger partial charge on any atom is 0.573 e. The van der Waals surface area contributed by atoms with E-state index in [-0.39, 0.29) is 40.5 Å². The lowest BCUT2D eigenvalue weighted by Gasteiger charge is -2.31. The number of carbonyl (C=O) groups excluding carboxylic acids is 1. The lowest BCUT2D eigenvalue weighted by atomic mass is 9.93. The van der Waals surface area contributed by atoms with Crippen molar-refractivity contribution in [2.24, 2.45) is 0 Å². The highest BCUT2D eigenvalue weighted by Gasteiger charge is 2.31. The highest BCUT2D eigenvalue weighted by molar-refractivity contribution is 5.93. The van der Waals surface area contributed by atoms with E-state index in [1.54, 1.807) is 11.0 Å². The molecule has 0 unspecified atom stereocenters. The number of methoxy groups -OCH3 is 1. The molecule has 0 bridgehead atoms. The van der Waals surface area contributed by atoms with Crippen LogP contribution in [-0.2, 0) is 0 Å². The number of pyridine rings is 1. The molecule has 1 aromatic carbocycles. The molecule has 1 aliphatic rings. The van der Waals surface area contributed by atoms with Gasteiger partial charge in [-0.3, -0.25) is 4.79 Å². The summed E-state index contributed by atoms with van der Waals surface area (Å²) < 4.78 is 51.8. The molecule has 2 N–H and O–H groups in total. The number of halogens is 3. The first-order chi connectivity index (χ1) is 16.7. The molecule has 3 heterocycles. The molecule has 184 valence electrons. The minimum absolute atomic E-state index is 0.189. The fraction of sp³-hybridized carbons (Fsp3) is 0.304. The Morgan fingerprint density at radius 2 is 1.71 bits per heavy atom. The lowest BCUT2D eigenvalue weighted by Crippen LogP contribution is -2.38. The first-order valence-electron chi connectivity index (χ1n) is 10.7. The number of hydrogen-bond donors (Lipinski definition) is 1. The zero-order valence-corrected chi connectivity index (χ0v) is 18.7. The van der Waals surface area contributed by atoms with Crippen molar-refractivity contribution in [1.82, 2.24) is 20.1 Å². The van der Waals surface area contributed by atoms with Crippen molar-refractivity contribution in [2.45, 2.75) is 25.1 Å². The quantitative estimate of drug-likeness (QED) is 0.549. The second-order valence-electron chi connectivity index (χ2n) is 7.79. The Morgan fingerprint density at radius 1 is 1.03 bits per heavy atom. The number of amides is 1. The maximum absolute atomic E-state index is 13.0. The average Bonchev–Trinajstić information content (AvgIpc) is 2.85. The second-order valence-corrected chi connectivity index (χ2v) is 7.79. The number of carbonyl (C=O) groups is 1. The molecule has 1 amide bonds. The molecule has 9 nitrogen and oxygen atoms in total. The lowest BCUT2D eigenvalue weighted by molar-refractivity contribution is -0.274. The number of anilines is 1. The summed E-state index contributed by atoms with van der Waals surface area (Å²) in [5.41, 5.74) is 6.63. The van der Waals surface area contributed by atoms with Crippen LogP contribution in [-0.4, -0.2) is 52.6 Å². The van der Waals surface area contributed by atoms with Crippen LogP contribution >= 0.6 is 0 Å². The average molecular weight is 489 g/mol. The number of rotatable bonds is 6. The molecule has 1 aliphatic heterocycles. The van der Waals surface area contributed by atoms with Gasteiger partial charge in [-0.25, -0.2) is 4.98 Å². The number of likely N-dealkylation sites (tertiary alicyclic amines) is 1. The smallest absolute Gasteiger partial charge is 0.493 e. The minimum Gasteiger partial charge on any atom is -0.493 e. The molecule has 12 heteroatoms. The molecule has 2 aromatic heterocycles. The van der Waals surface area contributed by atoms with Crippen LogP contribution in [0, 0.1) is 0 Å². The summed E-state index contributed by atoms with van der Waals surface area (Å²) in [6, 6.07) is 9.91. The van der Waals surface area contributed by atoms with Crippen molar-refractivity contribution in [3.8, 4) is 23.0 Å². The third kappa shape index (κ3) is 6.08. The van der Waals surface area contributed by atoms with Crippen LogP contribution < -0.4 is 19.9 Å². The van der Waals surface area contributed by atoms with Crippen LogP contribution in [0.5, 0.6) is 23.0 Å². The predicted octanol–water partition coefficient (Wildman–Crippen LogP) is 4.17.